The van der Waals surface area contributed by atoms with E-state index in [0.29, 0.717) is 0 Å². The SMILES string of the molecule is COc1ccc(NCCCN(C)C)nc1. The first kappa shape index (κ1) is 11.8. The third-order valence-electron chi connectivity index (χ3n) is 2.06. The molecule has 1 N–H and O–H groups in total. The van der Waals surface area contributed by atoms with Gasteiger partial charge in [0.1, 0.15) is 11.6 Å². The van der Waals surface area contributed by atoms with E-state index in [4.69, 9.17) is 4.74 Å². The van der Waals surface area contributed by atoms with Crippen LogP contribution in [0.4, 0.5) is 5.82 Å². The summed E-state index contributed by atoms with van der Waals surface area (Å²) < 4.78 is 5.03. The fourth-order valence-corrected chi connectivity index (χ4v) is 1.22. The maximum absolute atomic E-state index is 5.03. The Kier molecular flexibility index (Phi) is 4.90. The summed E-state index contributed by atoms with van der Waals surface area (Å²) in [7, 11) is 5.79. The van der Waals surface area contributed by atoms with E-state index in [2.05, 4.69) is 29.3 Å². The van der Waals surface area contributed by atoms with Gasteiger partial charge in [0.25, 0.3) is 0 Å². The van der Waals surface area contributed by atoms with E-state index in [0.717, 1.165) is 31.1 Å². The molecule has 4 heteroatoms. The molecule has 15 heavy (non-hydrogen) atoms. The van der Waals surface area contributed by atoms with Crippen molar-refractivity contribution in [1.29, 1.82) is 0 Å². The standard InChI is InChI=1S/C11H19N3O/c1-14(2)8-4-7-12-11-6-5-10(15-3)9-13-11/h5-6,9H,4,7-8H2,1-3H3,(H,12,13). The van der Waals surface area contributed by atoms with Gasteiger partial charge in [-0.15, -0.1) is 0 Å². The Balaban J connectivity index is 2.25. The Labute approximate surface area is 91.3 Å². The Morgan fingerprint density at radius 3 is 2.73 bits per heavy atom. The number of nitrogens with zero attached hydrogens (tertiary/aromatic N) is 2. The molecular formula is C11H19N3O. The monoisotopic (exact) mass is 209 g/mol. The smallest absolute Gasteiger partial charge is 0.137 e. The molecule has 0 bridgehead atoms. The minimum atomic E-state index is 0.786. The average Bonchev–Trinajstić information content (AvgIpc) is 2.25. The largest absolute Gasteiger partial charge is 0.495 e. The molecule has 0 radical (unpaired) electrons. The van der Waals surface area contributed by atoms with Gasteiger partial charge in [-0.3, -0.25) is 0 Å². The minimum Gasteiger partial charge on any atom is -0.495 e. The summed E-state index contributed by atoms with van der Waals surface area (Å²) in [5, 5.41) is 3.26. The third-order valence-corrected chi connectivity index (χ3v) is 2.06. The molecule has 1 heterocycles. The van der Waals surface area contributed by atoms with Crippen LogP contribution in [0.2, 0.25) is 0 Å². The molecule has 0 atom stereocenters. The molecule has 0 unspecified atom stereocenters. The maximum Gasteiger partial charge on any atom is 0.137 e. The number of rotatable bonds is 6. The molecule has 0 fully saturated rings. The summed E-state index contributed by atoms with van der Waals surface area (Å²) in [5.74, 6) is 1.68. The van der Waals surface area contributed by atoms with Crippen LogP contribution in [-0.4, -0.2) is 44.2 Å². The summed E-state index contributed by atoms with van der Waals surface area (Å²) in [5.41, 5.74) is 0. The van der Waals surface area contributed by atoms with E-state index in [1.807, 2.05) is 12.1 Å². The molecule has 0 aromatic carbocycles. The van der Waals surface area contributed by atoms with Crippen molar-refractivity contribution in [2.75, 3.05) is 39.6 Å². The number of pyridine rings is 1. The normalized spacial score (nSPS) is 10.4. The van der Waals surface area contributed by atoms with Crippen LogP contribution in [0.1, 0.15) is 6.42 Å². The first-order chi connectivity index (χ1) is 7.22. The van der Waals surface area contributed by atoms with Gasteiger partial charge in [-0.2, -0.15) is 0 Å². The molecule has 84 valence electrons. The van der Waals surface area contributed by atoms with Crippen molar-refractivity contribution in [3.63, 3.8) is 0 Å². The number of aromatic nitrogens is 1. The predicted octanol–water partition coefficient (Wildman–Crippen LogP) is 1.45. The first-order valence-corrected chi connectivity index (χ1v) is 5.11. The van der Waals surface area contributed by atoms with Crippen molar-refractivity contribution in [2.24, 2.45) is 0 Å². The number of hydrogen-bond acceptors (Lipinski definition) is 4. The van der Waals surface area contributed by atoms with Gasteiger partial charge < -0.3 is 15.0 Å². The van der Waals surface area contributed by atoms with Gasteiger partial charge in [0, 0.05) is 6.54 Å². The lowest BCUT2D eigenvalue weighted by molar-refractivity contribution is 0.405. The zero-order valence-corrected chi connectivity index (χ0v) is 9.66. The Hall–Kier alpha value is -1.29. The van der Waals surface area contributed by atoms with Crippen LogP contribution in [0.3, 0.4) is 0 Å². The zero-order chi connectivity index (χ0) is 11.1. The van der Waals surface area contributed by atoms with Crippen LogP contribution in [0.15, 0.2) is 18.3 Å². The molecule has 1 rings (SSSR count). The van der Waals surface area contributed by atoms with Gasteiger partial charge in [0.05, 0.1) is 13.3 Å². The molecule has 0 saturated heterocycles. The summed E-state index contributed by atoms with van der Waals surface area (Å²) >= 11 is 0. The molecular weight excluding hydrogens is 190 g/mol. The van der Waals surface area contributed by atoms with Crippen LogP contribution >= 0.6 is 0 Å². The second-order valence-corrected chi connectivity index (χ2v) is 3.67. The van der Waals surface area contributed by atoms with Crippen LogP contribution in [0.25, 0.3) is 0 Å². The lowest BCUT2D eigenvalue weighted by Gasteiger charge is -2.10. The van der Waals surface area contributed by atoms with Gasteiger partial charge in [-0.25, -0.2) is 4.98 Å². The number of methoxy groups -OCH3 is 1. The summed E-state index contributed by atoms with van der Waals surface area (Å²) in [4.78, 5) is 6.39. The van der Waals surface area contributed by atoms with E-state index in [1.54, 1.807) is 13.3 Å². The number of nitrogens with one attached hydrogen (secondary N) is 1. The number of hydrogen-bond donors (Lipinski definition) is 1. The lowest BCUT2D eigenvalue weighted by atomic mass is 10.4. The fourth-order valence-electron chi connectivity index (χ4n) is 1.22. The highest BCUT2D eigenvalue weighted by atomic mass is 16.5. The quantitative estimate of drug-likeness (QED) is 0.720. The second kappa shape index (κ2) is 6.24. The molecule has 0 aliphatic heterocycles. The van der Waals surface area contributed by atoms with Crippen molar-refractivity contribution in [1.82, 2.24) is 9.88 Å². The highest BCUT2D eigenvalue weighted by molar-refractivity contribution is 5.37. The average molecular weight is 209 g/mol. The van der Waals surface area contributed by atoms with E-state index in [9.17, 15) is 0 Å². The number of anilines is 1. The van der Waals surface area contributed by atoms with E-state index >= 15 is 0 Å². The van der Waals surface area contributed by atoms with Crippen LogP contribution in [0.5, 0.6) is 5.75 Å². The Morgan fingerprint density at radius 2 is 2.20 bits per heavy atom. The molecule has 1 aromatic rings. The van der Waals surface area contributed by atoms with Gasteiger partial charge in [0.2, 0.25) is 0 Å². The molecule has 1 aromatic heterocycles. The van der Waals surface area contributed by atoms with E-state index in [-0.39, 0.29) is 0 Å². The highest BCUT2D eigenvalue weighted by Crippen LogP contribution is 2.10. The number of ether oxygens (including phenoxy) is 1. The van der Waals surface area contributed by atoms with Gasteiger partial charge in [-0.1, -0.05) is 0 Å². The summed E-state index contributed by atoms with van der Waals surface area (Å²) in [6.45, 7) is 2.03. The van der Waals surface area contributed by atoms with E-state index in [1.165, 1.54) is 0 Å². The molecule has 0 saturated carbocycles. The topological polar surface area (TPSA) is 37.4 Å². The summed E-state index contributed by atoms with van der Waals surface area (Å²) in [6.07, 6.45) is 2.83. The Morgan fingerprint density at radius 1 is 1.40 bits per heavy atom. The first-order valence-electron chi connectivity index (χ1n) is 5.11. The van der Waals surface area contributed by atoms with Gasteiger partial charge in [-0.05, 0) is 39.2 Å². The van der Waals surface area contributed by atoms with Crippen molar-refractivity contribution in [3.8, 4) is 5.75 Å². The highest BCUT2D eigenvalue weighted by Gasteiger charge is 1.95. The van der Waals surface area contributed by atoms with Crippen molar-refractivity contribution >= 4 is 5.82 Å². The van der Waals surface area contributed by atoms with E-state index < -0.39 is 0 Å². The van der Waals surface area contributed by atoms with Gasteiger partial charge >= 0.3 is 0 Å². The van der Waals surface area contributed by atoms with Crippen LogP contribution in [0, 0.1) is 0 Å². The molecule has 0 aliphatic carbocycles. The maximum atomic E-state index is 5.03. The van der Waals surface area contributed by atoms with Crippen molar-refractivity contribution in [2.45, 2.75) is 6.42 Å². The predicted molar refractivity (Wildman–Crippen MR) is 62.4 cm³/mol. The fraction of sp³-hybridized carbons (Fsp3) is 0.545. The van der Waals surface area contributed by atoms with Crippen LogP contribution in [-0.2, 0) is 0 Å². The minimum absolute atomic E-state index is 0.786. The third kappa shape index (κ3) is 4.65. The lowest BCUT2D eigenvalue weighted by Crippen LogP contribution is -2.16. The van der Waals surface area contributed by atoms with Crippen molar-refractivity contribution in [3.05, 3.63) is 18.3 Å². The molecule has 0 aliphatic rings. The molecule has 0 spiro atoms. The summed E-state index contributed by atoms with van der Waals surface area (Å²) in [6, 6.07) is 3.83. The molecule has 0 amide bonds. The Bertz CT molecular complexity index is 272. The van der Waals surface area contributed by atoms with Gasteiger partial charge in [0.15, 0.2) is 0 Å². The molecule has 4 nitrogen and oxygen atoms in total. The van der Waals surface area contributed by atoms with Crippen LogP contribution < -0.4 is 10.1 Å². The zero-order valence-electron chi connectivity index (χ0n) is 9.66. The van der Waals surface area contributed by atoms with Crippen molar-refractivity contribution < 1.29 is 4.74 Å². The second-order valence-electron chi connectivity index (χ2n) is 3.67.